The van der Waals surface area contributed by atoms with Crippen molar-refractivity contribution in [2.75, 3.05) is 5.32 Å². The third kappa shape index (κ3) is 3.15. The number of aliphatic imine (C=N–C) groups is 1. The van der Waals surface area contributed by atoms with Crippen molar-refractivity contribution in [2.45, 2.75) is 0 Å². The number of hydrogen-bond acceptors (Lipinski definition) is 1. The Balaban J connectivity index is 2.20. The molecule has 0 saturated carbocycles. The largest absolute Gasteiger partial charge is 0.369 e. The molecule has 0 fully saturated rings. The van der Waals surface area contributed by atoms with Crippen LogP contribution in [0.4, 0.5) is 11.4 Å². The number of halogens is 2. The van der Waals surface area contributed by atoms with Crippen LogP contribution in [0.15, 0.2) is 53.5 Å². The molecule has 0 spiro atoms. The summed E-state index contributed by atoms with van der Waals surface area (Å²) in [5.74, 6) is 0.233. The highest BCUT2D eigenvalue weighted by Gasteiger charge is 2.01. The van der Waals surface area contributed by atoms with Crippen LogP contribution in [-0.2, 0) is 0 Å². The van der Waals surface area contributed by atoms with Gasteiger partial charge in [-0.05, 0) is 24.3 Å². The highest BCUT2D eigenvalue weighted by Crippen LogP contribution is 2.24. The van der Waals surface area contributed by atoms with Gasteiger partial charge in [0.25, 0.3) is 0 Å². The average molecular weight is 280 g/mol. The first-order valence-electron chi connectivity index (χ1n) is 5.27. The zero-order chi connectivity index (χ0) is 13.0. The van der Waals surface area contributed by atoms with E-state index < -0.39 is 0 Å². The maximum Gasteiger partial charge on any atom is 0.198 e. The second kappa shape index (κ2) is 5.76. The molecule has 0 amide bonds. The molecule has 0 aliphatic carbocycles. The lowest BCUT2D eigenvalue weighted by atomic mass is 10.3. The van der Waals surface area contributed by atoms with E-state index in [0.29, 0.717) is 21.4 Å². The lowest BCUT2D eigenvalue weighted by molar-refractivity contribution is 1.44. The predicted octanol–water partition coefficient (Wildman–Crippen LogP) is 4.05. The molecule has 0 atom stereocenters. The van der Waals surface area contributed by atoms with Crippen molar-refractivity contribution >= 4 is 40.5 Å². The van der Waals surface area contributed by atoms with Gasteiger partial charge in [0.2, 0.25) is 0 Å². The Morgan fingerprint density at radius 2 is 1.56 bits per heavy atom. The fourth-order valence-corrected chi connectivity index (χ4v) is 1.76. The minimum atomic E-state index is 0.233. The van der Waals surface area contributed by atoms with Crippen LogP contribution in [0.3, 0.4) is 0 Å². The number of nitrogens with two attached hydrogens (primary N) is 1. The Kier molecular flexibility index (Phi) is 4.07. The van der Waals surface area contributed by atoms with Gasteiger partial charge in [0.1, 0.15) is 0 Å². The molecule has 0 aliphatic rings. The molecule has 0 unspecified atom stereocenters. The second-order valence-corrected chi connectivity index (χ2v) is 4.37. The van der Waals surface area contributed by atoms with Crippen LogP contribution >= 0.6 is 23.2 Å². The number of benzene rings is 2. The van der Waals surface area contributed by atoms with Gasteiger partial charge in [-0.2, -0.15) is 0 Å². The Hall–Kier alpha value is -1.71. The smallest absolute Gasteiger partial charge is 0.198 e. The molecule has 92 valence electrons. The van der Waals surface area contributed by atoms with Crippen LogP contribution < -0.4 is 11.1 Å². The van der Waals surface area contributed by atoms with E-state index in [0.717, 1.165) is 0 Å². The lowest BCUT2D eigenvalue weighted by Crippen LogP contribution is -2.22. The van der Waals surface area contributed by atoms with E-state index >= 15 is 0 Å². The summed E-state index contributed by atoms with van der Waals surface area (Å²) < 4.78 is 0. The minimum absolute atomic E-state index is 0.233. The van der Waals surface area contributed by atoms with Gasteiger partial charge in [-0.25, -0.2) is 4.99 Å². The van der Waals surface area contributed by atoms with Gasteiger partial charge in [-0.1, -0.05) is 47.5 Å². The predicted molar refractivity (Wildman–Crippen MR) is 77.8 cm³/mol. The Labute approximate surface area is 115 Å². The molecule has 3 N–H and O–H groups in total. The van der Waals surface area contributed by atoms with Gasteiger partial charge in [-0.3, -0.25) is 0 Å². The third-order valence-corrected chi connectivity index (χ3v) is 2.88. The van der Waals surface area contributed by atoms with Crippen molar-refractivity contribution in [2.24, 2.45) is 10.7 Å². The van der Waals surface area contributed by atoms with Crippen molar-refractivity contribution in [1.29, 1.82) is 0 Å². The topological polar surface area (TPSA) is 50.4 Å². The van der Waals surface area contributed by atoms with Gasteiger partial charge in [-0.15, -0.1) is 0 Å². The molecule has 2 aromatic rings. The quantitative estimate of drug-likeness (QED) is 0.644. The maximum absolute atomic E-state index is 6.00. The standard InChI is InChI=1S/C13H11Cl2N3/c14-9-5-1-3-7-11(9)17-13(16)18-12-8-4-2-6-10(12)15/h1-8H,(H3,16,17,18). The van der Waals surface area contributed by atoms with Crippen molar-refractivity contribution in [1.82, 2.24) is 0 Å². The van der Waals surface area contributed by atoms with Crippen LogP contribution in [0.5, 0.6) is 0 Å². The molecule has 0 heterocycles. The van der Waals surface area contributed by atoms with E-state index in [9.17, 15) is 0 Å². The summed E-state index contributed by atoms with van der Waals surface area (Å²) in [5.41, 5.74) is 7.11. The normalized spacial score (nSPS) is 11.3. The second-order valence-electron chi connectivity index (χ2n) is 3.55. The fourth-order valence-electron chi connectivity index (χ4n) is 1.40. The summed E-state index contributed by atoms with van der Waals surface area (Å²) in [6.45, 7) is 0. The average Bonchev–Trinajstić information content (AvgIpc) is 2.35. The molecule has 0 saturated heterocycles. The van der Waals surface area contributed by atoms with Crippen molar-refractivity contribution in [3.8, 4) is 0 Å². The number of para-hydroxylation sites is 2. The van der Waals surface area contributed by atoms with Crippen LogP contribution in [0.25, 0.3) is 0 Å². The zero-order valence-corrected chi connectivity index (χ0v) is 10.9. The number of rotatable bonds is 2. The monoisotopic (exact) mass is 279 g/mol. The molecule has 2 aromatic carbocycles. The van der Waals surface area contributed by atoms with Gasteiger partial charge in [0.05, 0.1) is 21.4 Å². The van der Waals surface area contributed by atoms with Gasteiger partial charge in [0.15, 0.2) is 5.96 Å². The number of nitrogens with zero attached hydrogens (tertiary/aromatic N) is 1. The van der Waals surface area contributed by atoms with Crippen LogP contribution in [0.2, 0.25) is 10.0 Å². The Morgan fingerprint density at radius 1 is 0.944 bits per heavy atom. The zero-order valence-electron chi connectivity index (χ0n) is 9.40. The molecular formula is C13H11Cl2N3. The van der Waals surface area contributed by atoms with Gasteiger partial charge < -0.3 is 11.1 Å². The highest BCUT2D eigenvalue weighted by molar-refractivity contribution is 6.34. The molecule has 2 rings (SSSR count). The minimum Gasteiger partial charge on any atom is -0.369 e. The molecule has 0 bridgehead atoms. The van der Waals surface area contributed by atoms with E-state index in [1.54, 1.807) is 18.2 Å². The summed E-state index contributed by atoms with van der Waals surface area (Å²) in [6, 6.07) is 14.5. The van der Waals surface area contributed by atoms with Gasteiger partial charge in [0, 0.05) is 0 Å². The third-order valence-electron chi connectivity index (χ3n) is 2.23. The van der Waals surface area contributed by atoms with Crippen LogP contribution in [-0.4, -0.2) is 5.96 Å². The number of anilines is 1. The molecule has 3 nitrogen and oxygen atoms in total. The van der Waals surface area contributed by atoms with Crippen molar-refractivity contribution < 1.29 is 0 Å². The summed E-state index contributed by atoms with van der Waals surface area (Å²) >= 11 is 12.0. The van der Waals surface area contributed by atoms with Crippen LogP contribution in [0.1, 0.15) is 0 Å². The van der Waals surface area contributed by atoms with E-state index in [-0.39, 0.29) is 5.96 Å². The van der Waals surface area contributed by atoms with E-state index in [1.807, 2.05) is 30.3 Å². The Morgan fingerprint density at radius 3 is 2.22 bits per heavy atom. The number of nitrogens with one attached hydrogen (secondary N) is 1. The first kappa shape index (κ1) is 12.7. The van der Waals surface area contributed by atoms with E-state index in [1.165, 1.54) is 0 Å². The van der Waals surface area contributed by atoms with Crippen LogP contribution in [0, 0.1) is 0 Å². The summed E-state index contributed by atoms with van der Waals surface area (Å²) in [6.07, 6.45) is 0. The maximum atomic E-state index is 6.00. The molecule has 0 aliphatic heterocycles. The summed E-state index contributed by atoms with van der Waals surface area (Å²) in [4.78, 5) is 4.19. The Bertz CT molecular complexity index is 582. The fraction of sp³-hybridized carbons (Fsp3) is 0. The summed E-state index contributed by atoms with van der Waals surface area (Å²) in [7, 11) is 0. The SMILES string of the molecule is NC(=Nc1ccccc1Cl)Nc1ccccc1Cl. The first-order valence-corrected chi connectivity index (χ1v) is 6.02. The van der Waals surface area contributed by atoms with E-state index in [2.05, 4.69) is 10.3 Å². The van der Waals surface area contributed by atoms with Gasteiger partial charge >= 0.3 is 0 Å². The lowest BCUT2D eigenvalue weighted by Gasteiger charge is -2.07. The highest BCUT2D eigenvalue weighted by atomic mass is 35.5. The molecule has 0 radical (unpaired) electrons. The number of hydrogen-bond donors (Lipinski definition) is 2. The molecule has 18 heavy (non-hydrogen) atoms. The van der Waals surface area contributed by atoms with Crippen molar-refractivity contribution in [3.05, 3.63) is 58.6 Å². The molecule has 0 aromatic heterocycles. The van der Waals surface area contributed by atoms with E-state index in [4.69, 9.17) is 28.9 Å². The first-order chi connectivity index (χ1) is 8.66. The summed E-state index contributed by atoms with van der Waals surface area (Å²) in [5, 5.41) is 4.04. The van der Waals surface area contributed by atoms with Crippen molar-refractivity contribution in [3.63, 3.8) is 0 Å². The number of guanidine groups is 1. The molecule has 5 heteroatoms. The molecular weight excluding hydrogens is 269 g/mol.